The van der Waals surface area contributed by atoms with Crippen molar-refractivity contribution in [2.45, 2.75) is 12.6 Å². The zero-order chi connectivity index (χ0) is 18.0. The third kappa shape index (κ3) is 8.56. The standard InChI is InChI=1S/C15H21F4N3O2/c1-22(13-6-3-2-5-12(13)16)9-4-7-20-14(23)21-8-10-24-11-15(17,18)19/h2-3,5-6H,4,7-11H2,1H3,(H2,20,21,23). The van der Waals surface area contributed by atoms with E-state index in [9.17, 15) is 22.4 Å². The Balaban J connectivity index is 2.08. The van der Waals surface area contributed by atoms with Crippen molar-refractivity contribution in [1.29, 1.82) is 0 Å². The molecule has 5 nitrogen and oxygen atoms in total. The Morgan fingerprint density at radius 2 is 1.88 bits per heavy atom. The van der Waals surface area contributed by atoms with Crippen LogP contribution in [0.2, 0.25) is 0 Å². The summed E-state index contributed by atoms with van der Waals surface area (Å²) in [7, 11) is 1.75. The van der Waals surface area contributed by atoms with E-state index in [0.29, 0.717) is 25.2 Å². The molecule has 9 heteroatoms. The van der Waals surface area contributed by atoms with Gasteiger partial charge in [-0.05, 0) is 18.6 Å². The van der Waals surface area contributed by atoms with Gasteiger partial charge in [0, 0.05) is 26.7 Å². The van der Waals surface area contributed by atoms with Crippen molar-refractivity contribution in [1.82, 2.24) is 10.6 Å². The number of hydrogen-bond donors (Lipinski definition) is 2. The summed E-state index contributed by atoms with van der Waals surface area (Å²) in [4.78, 5) is 13.1. The van der Waals surface area contributed by atoms with Crippen molar-refractivity contribution in [2.75, 3.05) is 44.8 Å². The summed E-state index contributed by atoms with van der Waals surface area (Å²) >= 11 is 0. The van der Waals surface area contributed by atoms with Crippen LogP contribution in [0.5, 0.6) is 0 Å². The highest BCUT2D eigenvalue weighted by Gasteiger charge is 2.27. The molecule has 0 aliphatic rings. The van der Waals surface area contributed by atoms with Gasteiger partial charge in [0.2, 0.25) is 0 Å². The predicted molar refractivity (Wildman–Crippen MR) is 82.6 cm³/mol. The lowest BCUT2D eigenvalue weighted by atomic mass is 10.2. The molecule has 0 unspecified atom stereocenters. The summed E-state index contributed by atoms with van der Waals surface area (Å²) in [6, 6.07) is 5.90. The van der Waals surface area contributed by atoms with Crippen LogP contribution in [-0.2, 0) is 4.74 Å². The van der Waals surface area contributed by atoms with E-state index in [1.807, 2.05) is 0 Å². The quantitative estimate of drug-likeness (QED) is 0.531. The fourth-order valence-corrected chi connectivity index (χ4v) is 1.89. The fraction of sp³-hybridized carbons (Fsp3) is 0.533. The average molecular weight is 351 g/mol. The molecule has 1 aromatic rings. The van der Waals surface area contributed by atoms with Crippen molar-refractivity contribution in [3.63, 3.8) is 0 Å². The second-order valence-corrected chi connectivity index (χ2v) is 5.08. The van der Waals surface area contributed by atoms with Crippen LogP contribution in [0.3, 0.4) is 0 Å². The molecule has 1 rings (SSSR count). The highest BCUT2D eigenvalue weighted by atomic mass is 19.4. The Morgan fingerprint density at radius 1 is 1.21 bits per heavy atom. The first kappa shape index (κ1) is 20.0. The molecule has 0 atom stereocenters. The highest BCUT2D eigenvalue weighted by molar-refractivity contribution is 5.73. The number of nitrogens with one attached hydrogen (secondary N) is 2. The van der Waals surface area contributed by atoms with Gasteiger partial charge in [-0.25, -0.2) is 9.18 Å². The minimum Gasteiger partial charge on any atom is -0.372 e. The van der Waals surface area contributed by atoms with Gasteiger partial charge in [0.25, 0.3) is 0 Å². The van der Waals surface area contributed by atoms with Crippen molar-refractivity contribution < 1.29 is 27.1 Å². The zero-order valence-electron chi connectivity index (χ0n) is 13.3. The molecule has 0 radical (unpaired) electrons. The van der Waals surface area contributed by atoms with Crippen molar-refractivity contribution in [2.24, 2.45) is 0 Å². The monoisotopic (exact) mass is 351 g/mol. The molecule has 0 aromatic heterocycles. The minimum absolute atomic E-state index is 0.0168. The molecular formula is C15H21F4N3O2. The number of halogens is 4. The third-order valence-electron chi connectivity index (χ3n) is 3.02. The Labute approximate surface area is 138 Å². The maximum absolute atomic E-state index is 13.5. The molecule has 0 heterocycles. The number of carbonyl (C=O) groups excluding carboxylic acids is 1. The Bertz CT molecular complexity index is 512. The molecular weight excluding hydrogens is 330 g/mol. The van der Waals surface area contributed by atoms with E-state index < -0.39 is 18.8 Å². The fourth-order valence-electron chi connectivity index (χ4n) is 1.89. The largest absolute Gasteiger partial charge is 0.411 e. The number of hydrogen-bond acceptors (Lipinski definition) is 3. The minimum atomic E-state index is -4.37. The van der Waals surface area contributed by atoms with Crippen LogP contribution in [0, 0.1) is 5.82 Å². The van der Waals surface area contributed by atoms with Crippen LogP contribution in [0.4, 0.5) is 28.0 Å². The van der Waals surface area contributed by atoms with Crippen molar-refractivity contribution in [3.8, 4) is 0 Å². The predicted octanol–water partition coefficient (Wildman–Crippen LogP) is 2.53. The first-order chi connectivity index (χ1) is 11.3. The number of para-hydroxylation sites is 1. The van der Waals surface area contributed by atoms with Crippen LogP contribution < -0.4 is 15.5 Å². The first-order valence-electron chi connectivity index (χ1n) is 7.41. The number of carbonyl (C=O) groups is 1. The van der Waals surface area contributed by atoms with Crippen LogP contribution in [0.25, 0.3) is 0 Å². The van der Waals surface area contributed by atoms with Crippen LogP contribution in [0.1, 0.15) is 6.42 Å². The van der Waals surface area contributed by atoms with E-state index in [4.69, 9.17) is 0 Å². The molecule has 0 aliphatic heterocycles. The molecule has 2 N–H and O–H groups in total. The van der Waals surface area contributed by atoms with E-state index in [1.165, 1.54) is 6.07 Å². The maximum Gasteiger partial charge on any atom is 0.411 e. The SMILES string of the molecule is CN(CCCNC(=O)NCCOCC(F)(F)F)c1ccccc1F. The molecule has 0 fully saturated rings. The molecule has 0 saturated carbocycles. The van der Waals surface area contributed by atoms with Gasteiger partial charge in [-0.15, -0.1) is 0 Å². The third-order valence-corrected chi connectivity index (χ3v) is 3.02. The van der Waals surface area contributed by atoms with Gasteiger partial charge in [0.05, 0.1) is 12.3 Å². The number of rotatable bonds is 9. The van der Waals surface area contributed by atoms with Crippen LogP contribution >= 0.6 is 0 Å². The summed E-state index contributed by atoms with van der Waals surface area (Å²) < 4.78 is 53.3. The van der Waals surface area contributed by atoms with Gasteiger partial charge in [0.1, 0.15) is 12.4 Å². The van der Waals surface area contributed by atoms with E-state index in [0.717, 1.165) is 0 Å². The molecule has 0 saturated heterocycles. The molecule has 0 bridgehead atoms. The molecule has 1 aromatic carbocycles. The summed E-state index contributed by atoms with van der Waals surface area (Å²) in [6.07, 6.45) is -3.78. The van der Waals surface area contributed by atoms with Crippen LogP contribution in [0.15, 0.2) is 24.3 Å². The number of amides is 2. The second kappa shape index (κ2) is 9.96. The normalized spacial score (nSPS) is 11.2. The molecule has 24 heavy (non-hydrogen) atoms. The summed E-state index contributed by atoms with van der Waals surface area (Å²) in [5.41, 5.74) is 0.476. The number of nitrogens with zero attached hydrogens (tertiary/aromatic N) is 1. The number of alkyl halides is 3. The number of ether oxygens (including phenoxy) is 1. The lowest BCUT2D eigenvalue weighted by Gasteiger charge is -2.19. The van der Waals surface area contributed by atoms with E-state index in [2.05, 4.69) is 15.4 Å². The number of benzene rings is 1. The van der Waals surface area contributed by atoms with Gasteiger partial charge in [0.15, 0.2) is 0 Å². The van der Waals surface area contributed by atoms with Crippen molar-refractivity contribution >= 4 is 11.7 Å². The van der Waals surface area contributed by atoms with Gasteiger partial charge in [-0.2, -0.15) is 13.2 Å². The summed E-state index contributed by atoms with van der Waals surface area (Å²) in [5.74, 6) is -0.315. The molecule has 2 amide bonds. The van der Waals surface area contributed by atoms with Gasteiger partial charge in [-0.3, -0.25) is 0 Å². The Kier molecular flexibility index (Phi) is 8.31. The molecule has 0 aliphatic carbocycles. The van der Waals surface area contributed by atoms with Crippen molar-refractivity contribution in [3.05, 3.63) is 30.1 Å². The van der Waals surface area contributed by atoms with E-state index >= 15 is 0 Å². The smallest absolute Gasteiger partial charge is 0.372 e. The summed E-state index contributed by atoms with van der Waals surface area (Å²) in [5, 5.41) is 4.94. The number of urea groups is 1. The van der Waals surface area contributed by atoms with E-state index in [1.54, 1.807) is 30.1 Å². The molecule has 136 valence electrons. The second-order valence-electron chi connectivity index (χ2n) is 5.08. The zero-order valence-corrected chi connectivity index (χ0v) is 13.3. The molecule has 0 spiro atoms. The first-order valence-corrected chi connectivity index (χ1v) is 7.41. The lowest BCUT2D eigenvalue weighted by molar-refractivity contribution is -0.173. The van der Waals surface area contributed by atoms with Crippen LogP contribution in [-0.4, -0.2) is 52.1 Å². The Morgan fingerprint density at radius 3 is 2.54 bits per heavy atom. The van der Waals surface area contributed by atoms with E-state index in [-0.39, 0.29) is 19.0 Å². The van der Waals surface area contributed by atoms with Gasteiger partial charge < -0.3 is 20.3 Å². The summed E-state index contributed by atoms with van der Waals surface area (Å²) in [6.45, 7) is -0.678. The number of anilines is 1. The van der Waals surface area contributed by atoms with Gasteiger partial charge >= 0.3 is 12.2 Å². The topological polar surface area (TPSA) is 53.6 Å². The lowest BCUT2D eigenvalue weighted by Crippen LogP contribution is -2.38. The highest BCUT2D eigenvalue weighted by Crippen LogP contribution is 2.16. The Hall–Kier alpha value is -2.03. The van der Waals surface area contributed by atoms with Gasteiger partial charge in [-0.1, -0.05) is 12.1 Å². The average Bonchev–Trinajstić information content (AvgIpc) is 2.50. The maximum atomic E-state index is 13.5.